The van der Waals surface area contributed by atoms with Gasteiger partial charge in [-0.3, -0.25) is 19.2 Å². The second-order valence-electron chi connectivity index (χ2n) is 26.5. The summed E-state index contributed by atoms with van der Waals surface area (Å²) in [7, 11) is 0. The number of ether oxygens (including phenoxy) is 2. The summed E-state index contributed by atoms with van der Waals surface area (Å²) in [6, 6.07) is 8.54. The van der Waals surface area contributed by atoms with Crippen molar-refractivity contribution in [3.05, 3.63) is 115 Å². The Labute approximate surface area is 456 Å². The van der Waals surface area contributed by atoms with Crippen LogP contribution in [0.2, 0.25) is 0 Å². The van der Waals surface area contributed by atoms with Crippen LogP contribution in [-0.2, 0) is 38.9 Å². The van der Waals surface area contributed by atoms with Crippen molar-refractivity contribution in [1.29, 1.82) is 0 Å². The Bertz CT molecular complexity index is 1890. The van der Waals surface area contributed by atoms with Gasteiger partial charge in [0.25, 0.3) is 0 Å². The summed E-state index contributed by atoms with van der Waals surface area (Å²) in [4.78, 5) is 55.2. The van der Waals surface area contributed by atoms with Gasteiger partial charge >= 0.3 is 5.97 Å². The van der Waals surface area contributed by atoms with Gasteiger partial charge in [0.2, 0.25) is 0 Å². The first kappa shape index (κ1) is 80.2. The fourth-order valence-electron chi connectivity index (χ4n) is 3.91. The van der Waals surface area contributed by atoms with Crippen LogP contribution in [0.1, 0.15) is 211 Å². The third kappa shape index (κ3) is 51.1. The highest BCUT2D eigenvalue weighted by Crippen LogP contribution is 2.31. The van der Waals surface area contributed by atoms with Gasteiger partial charge in [-0.25, -0.2) is 4.79 Å². The molecule has 0 aliphatic carbocycles. The van der Waals surface area contributed by atoms with Gasteiger partial charge in [0, 0.05) is 38.7 Å². The van der Waals surface area contributed by atoms with Crippen LogP contribution in [0.5, 0.6) is 0 Å². The molecule has 0 amide bonds. The minimum Gasteiger partial charge on any atom is -0.462 e. The number of hydrogen-bond donors (Lipinski definition) is 0. The summed E-state index contributed by atoms with van der Waals surface area (Å²) in [5.41, 5.74) is 3.57. The molecule has 0 bridgehead atoms. The number of epoxide rings is 1. The van der Waals surface area contributed by atoms with Crippen molar-refractivity contribution in [1.82, 2.24) is 0 Å². The number of carbonyl (C=O) groups excluding carboxylic acids is 5. The normalized spacial score (nSPS) is 13.1. The van der Waals surface area contributed by atoms with Crippen molar-refractivity contribution in [2.45, 2.75) is 211 Å². The van der Waals surface area contributed by atoms with Crippen molar-refractivity contribution in [2.24, 2.45) is 37.9 Å². The van der Waals surface area contributed by atoms with Crippen LogP contribution in [0.4, 0.5) is 0 Å². The predicted molar refractivity (Wildman–Crippen MR) is 321 cm³/mol. The molecule has 0 N–H and O–H groups in total. The number of rotatable bonds is 9. The van der Waals surface area contributed by atoms with Crippen LogP contribution in [0.15, 0.2) is 104 Å². The minimum atomic E-state index is -0.391. The first-order valence-electron chi connectivity index (χ1n) is 25.4. The van der Waals surface area contributed by atoms with Gasteiger partial charge in [0.15, 0.2) is 17.3 Å². The van der Waals surface area contributed by atoms with Crippen LogP contribution in [0.25, 0.3) is 6.08 Å². The van der Waals surface area contributed by atoms with Crippen LogP contribution < -0.4 is 0 Å². The van der Waals surface area contributed by atoms with E-state index in [0.29, 0.717) is 46.0 Å². The van der Waals surface area contributed by atoms with Crippen molar-refractivity contribution in [2.75, 3.05) is 13.2 Å². The molecule has 1 unspecified atom stereocenters. The Kier molecular flexibility index (Phi) is 39.4. The van der Waals surface area contributed by atoms with E-state index in [1.54, 1.807) is 26.0 Å². The molecule has 420 valence electrons. The smallest absolute Gasteiger partial charge is 0.333 e. The zero-order valence-electron chi connectivity index (χ0n) is 52.1. The second-order valence-corrected chi connectivity index (χ2v) is 26.9. The van der Waals surface area contributed by atoms with Gasteiger partial charge in [-0.1, -0.05) is 253 Å². The Morgan fingerprint density at radius 3 is 1.16 bits per heavy atom. The lowest BCUT2D eigenvalue weighted by molar-refractivity contribution is -0.139. The number of allylic oxidation sites excluding steroid dienone is 6. The van der Waals surface area contributed by atoms with Gasteiger partial charge in [0.05, 0.1) is 19.3 Å². The summed E-state index contributed by atoms with van der Waals surface area (Å²) in [5.74, 6) is 0.220. The molecule has 7 nitrogen and oxygen atoms in total. The summed E-state index contributed by atoms with van der Waals surface area (Å²) in [6.45, 7) is 76.2. The molecule has 0 saturated carbocycles. The molecule has 2 rings (SSSR count). The number of halogens is 1. The Morgan fingerprint density at radius 2 is 1.01 bits per heavy atom. The van der Waals surface area contributed by atoms with E-state index in [4.69, 9.17) is 21.1 Å². The molecular formula is C65H111ClO7. The zero-order chi connectivity index (χ0) is 60.0. The quantitative estimate of drug-likeness (QED) is 0.0797. The lowest BCUT2D eigenvalue weighted by Gasteiger charge is -2.18. The minimum absolute atomic E-state index is 0.0710. The lowest BCUT2D eigenvalue weighted by atomic mass is 9.87. The number of Topliss-reactive ketones (excluding diaryl/α,β-unsaturated/α-hetero) is 2. The third-order valence-corrected chi connectivity index (χ3v) is 10.3. The number of hydrogen-bond acceptors (Lipinski definition) is 7. The van der Waals surface area contributed by atoms with E-state index in [9.17, 15) is 24.0 Å². The van der Waals surface area contributed by atoms with Gasteiger partial charge in [-0.2, -0.15) is 0 Å². The van der Waals surface area contributed by atoms with E-state index in [0.717, 1.165) is 6.61 Å². The van der Waals surface area contributed by atoms with Crippen LogP contribution in [0.3, 0.4) is 0 Å². The van der Waals surface area contributed by atoms with Crippen molar-refractivity contribution < 1.29 is 33.4 Å². The van der Waals surface area contributed by atoms with Crippen molar-refractivity contribution in [3.63, 3.8) is 0 Å². The average molecular weight is 1040 g/mol. The predicted octanol–water partition coefficient (Wildman–Crippen LogP) is 18.7. The monoisotopic (exact) mass is 1040 g/mol. The maximum absolute atomic E-state index is 11.5. The Morgan fingerprint density at radius 1 is 0.630 bits per heavy atom. The largest absolute Gasteiger partial charge is 0.462 e. The van der Waals surface area contributed by atoms with Crippen molar-refractivity contribution in [3.8, 4) is 0 Å². The summed E-state index contributed by atoms with van der Waals surface area (Å²) >= 11 is 5.56. The average Bonchev–Trinajstić information content (AvgIpc) is 4.08. The molecule has 8 heteroatoms. The topological polar surface area (TPSA) is 107 Å². The summed E-state index contributed by atoms with van der Waals surface area (Å²) in [6.07, 6.45) is 10.1. The van der Waals surface area contributed by atoms with E-state index in [-0.39, 0.29) is 62.2 Å². The lowest BCUT2D eigenvalue weighted by Crippen LogP contribution is -2.20. The van der Waals surface area contributed by atoms with Crippen LogP contribution in [-0.4, -0.2) is 48.4 Å². The molecule has 73 heavy (non-hydrogen) atoms. The first-order valence-corrected chi connectivity index (χ1v) is 25.8. The zero-order valence-corrected chi connectivity index (χ0v) is 52.8. The van der Waals surface area contributed by atoms with E-state index in [1.807, 2.05) is 123 Å². The maximum atomic E-state index is 11.5. The van der Waals surface area contributed by atoms with Crippen LogP contribution in [0, 0.1) is 37.9 Å². The number of ketones is 4. The van der Waals surface area contributed by atoms with E-state index < -0.39 is 5.97 Å². The Hall–Kier alpha value is -4.20. The molecule has 0 aromatic heterocycles. The number of esters is 1. The molecule has 1 aliphatic rings. The molecular weight excluding hydrogens is 928 g/mol. The molecule has 1 heterocycles. The van der Waals surface area contributed by atoms with Crippen LogP contribution >= 0.6 is 11.6 Å². The van der Waals surface area contributed by atoms with Gasteiger partial charge < -0.3 is 9.47 Å². The van der Waals surface area contributed by atoms with Gasteiger partial charge in [-0.05, 0) is 77.7 Å². The highest BCUT2D eigenvalue weighted by Gasteiger charge is 2.35. The number of benzene rings is 1. The second kappa shape index (κ2) is 35.9. The summed E-state index contributed by atoms with van der Waals surface area (Å²) in [5, 5.41) is 0.715. The molecule has 1 aromatic rings. The summed E-state index contributed by atoms with van der Waals surface area (Å²) < 4.78 is 9.95. The number of carbonyl (C=O) groups is 5. The standard InChI is InChI=1S/C12H20O3.C12H16.2C8H14O.C7H12O.C6H11Cl.C6H12O.C6H12/c1-9(2)11(14)15-8-6-7-10(13)12(3,4)5;1-5-10-6-8-11(9-7-10)12(2,3)4;1-6(2)7(9)8(3,4)5;1-5-6-7(9)8(2,3)4;1-5-6(8)7(2,3)4;1-5(7)6(2,3)4;1-6(2,3)5-4-7-5;1-5-6(2,3)4/h1,6-8H2,2-5H3;5-9H,1H2,2-4H3;1H2,2-5H3;5-6H,1-4H3;5H,1H2,2-4H3;1H2,2-4H3;5H,4H2,1-3H3;5H,1H2,2-4H3/b;;;6-5+;;;;. The fourth-order valence-corrected chi connectivity index (χ4v) is 3.91. The maximum Gasteiger partial charge on any atom is 0.333 e. The molecule has 0 radical (unpaired) electrons. The van der Waals surface area contributed by atoms with E-state index in [2.05, 4.69) is 126 Å². The van der Waals surface area contributed by atoms with Gasteiger partial charge in [0.1, 0.15) is 5.78 Å². The third-order valence-electron chi connectivity index (χ3n) is 9.75. The molecule has 0 spiro atoms. The fraction of sp³-hybridized carbons (Fsp3) is 0.615. The SMILES string of the molecule is C/C=C/C(=O)C(C)(C)C.C=C(C)C(=O)C(C)(C)C.C=C(C)C(=O)OCCCC(=O)C(C)(C)C.C=C(Cl)C(C)(C)C.C=CC(=O)C(C)(C)C.C=CC(C)(C)C.C=Cc1ccc(C(C)(C)C)cc1.CC(C)(C)C1CO1. The molecule has 1 atom stereocenters. The molecule has 1 aliphatic heterocycles. The first-order chi connectivity index (χ1) is 32.2. The molecule has 1 saturated heterocycles. The van der Waals surface area contributed by atoms with Crippen molar-refractivity contribution >= 4 is 46.8 Å². The Balaban J connectivity index is -0.000000179. The van der Waals surface area contributed by atoms with E-state index >= 15 is 0 Å². The highest BCUT2D eigenvalue weighted by atomic mass is 35.5. The molecule has 1 aromatic carbocycles. The highest BCUT2D eigenvalue weighted by molar-refractivity contribution is 6.29. The molecule has 1 fully saturated rings. The van der Waals surface area contributed by atoms with Gasteiger partial charge in [-0.15, -0.1) is 6.58 Å². The van der Waals surface area contributed by atoms with E-state index in [1.165, 1.54) is 17.2 Å².